The van der Waals surface area contributed by atoms with Crippen molar-refractivity contribution in [2.24, 2.45) is 0 Å². The van der Waals surface area contributed by atoms with Gasteiger partial charge in [0.25, 0.3) is 0 Å². The second kappa shape index (κ2) is 8.84. The van der Waals surface area contributed by atoms with Crippen molar-refractivity contribution >= 4 is 5.97 Å². The molecule has 3 rings (SSSR count). The molecule has 0 amide bonds. The number of aromatic hydroxyl groups is 1. The average molecular weight is 400 g/mol. The maximum absolute atomic E-state index is 12.1. The number of benzene rings is 2. The van der Waals surface area contributed by atoms with E-state index in [2.05, 4.69) is 26.0 Å². The van der Waals surface area contributed by atoms with Crippen LogP contribution in [0.15, 0.2) is 42.5 Å². The lowest BCUT2D eigenvalue weighted by Gasteiger charge is -2.40. The third-order valence-electron chi connectivity index (χ3n) is 5.54. The molecule has 0 spiro atoms. The number of rotatable bonds is 6. The van der Waals surface area contributed by atoms with Crippen molar-refractivity contribution in [2.45, 2.75) is 44.5 Å². The highest BCUT2D eigenvalue weighted by atomic mass is 16.7. The molecular weight excluding hydrogens is 372 g/mol. The molecule has 0 aromatic heterocycles. The first kappa shape index (κ1) is 21.1. The summed E-state index contributed by atoms with van der Waals surface area (Å²) in [6, 6.07) is 12.9. The van der Waals surface area contributed by atoms with E-state index in [9.17, 15) is 9.90 Å². The Labute approximate surface area is 171 Å². The number of carbonyl (C=O) groups excluding carboxylic acids is 1. The molecule has 0 saturated carbocycles. The molecule has 2 aromatic carbocycles. The van der Waals surface area contributed by atoms with E-state index in [1.165, 1.54) is 13.2 Å². The Bertz CT molecular complexity index is 843. The van der Waals surface area contributed by atoms with Gasteiger partial charge in [0.05, 0.1) is 26.9 Å². The van der Waals surface area contributed by atoms with Crippen LogP contribution in [-0.2, 0) is 26.0 Å². The molecule has 6 nitrogen and oxygen atoms in total. The van der Waals surface area contributed by atoms with Gasteiger partial charge in [0.1, 0.15) is 17.1 Å². The van der Waals surface area contributed by atoms with Crippen molar-refractivity contribution < 1.29 is 28.8 Å². The highest BCUT2D eigenvalue weighted by Gasteiger charge is 2.37. The number of ether oxygens (including phenoxy) is 4. The average Bonchev–Trinajstić information content (AvgIpc) is 2.73. The minimum atomic E-state index is -0.580. The lowest BCUT2D eigenvalue weighted by molar-refractivity contribution is -0.225. The van der Waals surface area contributed by atoms with Crippen molar-refractivity contribution in [3.05, 3.63) is 59.2 Å². The molecule has 1 heterocycles. The van der Waals surface area contributed by atoms with Crippen LogP contribution in [0.3, 0.4) is 0 Å². The summed E-state index contributed by atoms with van der Waals surface area (Å²) in [7, 11) is 2.94. The predicted molar refractivity (Wildman–Crippen MR) is 108 cm³/mol. The molecule has 0 aliphatic carbocycles. The SMILES string of the molecule is COC(=O)c1c(O)cccc1C[C@H]1OCC[C@@H](C(C)(C)c2ccc(OC)cc2)O1. The van der Waals surface area contributed by atoms with Crippen molar-refractivity contribution in [2.75, 3.05) is 20.8 Å². The first-order valence-electron chi connectivity index (χ1n) is 9.67. The van der Waals surface area contributed by atoms with Crippen LogP contribution in [0.5, 0.6) is 11.5 Å². The van der Waals surface area contributed by atoms with Crippen molar-refractivity contribution in [3.8, 4) is 11.5 Å². The van der Waals surface area contributed by atoms with E-state index < -0.39 is 12.3 Å². The zero-order chi connectivity index (χ0) is 21.0. The van der Waals surface area contributed by atoms with Crippen LogP contribution < -0.4 is 4.74 Å². The van der Waals surface area contributed by atoms with Crippen LogP contribution in [0.1, 0.15) is 41.8 Å². The molecule has 1 N–H and O–H groups in total. The third kappa shape index (κ3) is 4.54. The molecule has 1 fully saturated rings. The Hall–Kier alpha value is -2.57. The van der Waals surface area contributed by atoms with Crippen molar-refractivity contribution in [1.29, 1.82) is 0 Å². The maximum Gasteiger partial charge on any atom is 0.341 e. The highest BCUT2D eigenvalue weighted by molar-refractivity contribution is 5.94. The number of hydrogen-bond acceptors (Lipinski definition) is 6. The molecule has 1 aliphatic rings. The first-order valence-corrected chi connectivity index (χ1v) is 9.67. The van der Waals surface area contributed by atoms with Crippen LogP contribution in [-0.4, -0.2) is 44.3 Å². The molecule has 156 valence electrons. The quantitative estimate of drug-likeness (QED) is 0.743. The lowest BCUT2D eigenvalue weighted by atomic mass is 9.78. The molecule has 0 bridgehead atoms. The third-order valence-corrected chi connectivity index (χ3v) is 5.54. The van der Waals surface area contributed by atoms with Gasteiger partial charge >= 0.3 is 5.97 Å². The summed E-state index contributed by atoms with van der Waals surface area (Å²) in [6.07, 6.45) is 0.526. The maximum atomic E-state index is 12.1. The van der Waals surface area contributed by atoms with Gasteiger partial charge < -0.3 is 24.1 Å². The van der Waals surface area contributed by atoms with E-state index in [0.717, 1.165) is 17.7 Å². The van der Waals surface area contributed by atoms with E-state index in [4.69, 9.17) is 18.9 Å². The van der Waals surface area contributed by atoms with Crippen LogP contribution in [0.4, 0.5) is 0 Å². The Morgan fingerprint density at radius 1 is 1.17 bits per heavy atom. The van der Waals surface area contributed by atoms with Gasteiger partial charge in [-0.15, -0.1) is 0 Å². The van der Waals surface area contributed by atoms with Gasteiger partial charge in [-0.05, 0) is 35.7 Å². The van der Waals surface area contributed by atoms with Gasteiger partial charge in [-0.25, -0.2) is 4.79 Å². The first-order chi connectivity index (χ1) is 13.9. The largest absolute Gasteiger partial charge is 0.507 e. The lowest BCUT2D eigenvalue weighted by Crippen LogP contribution is -2.44. The summed E-state index contributed by atoms with van der Waals surface area (Å²) in [4.78, 5) is 12.1. The monoisotopic (exact) mass is 400 g/mol. The van der Waals surface area contributed by atoms with Gasteiger partial charge in [-0.1, -0.05) is 38.1 Å². The minimum Gasteiger partial charge on any atom is -0.507 e. The minimum absolute atomic E-state index is 0.0615. The molecule has 1 saturated heterocycles. The standard InChI is InChI=1S/C23H28O6/c1-23(2,16-8-10-17(26-3)11-9-16)19-12-13-28-20(29-19)14-15-6-5-7-18(24)21(15)22(25)27-4/h5-11,19-20,24H,12-14H2,1-4H3/t19-,20-/m0/s1. The highest BCUT2D eigenvalue weighted by Crippen LogP contribution is 2.35. The fourth-order valence-corrected chi connectivity index (χ4v) is 3.72. The fraction of sp³-hybridized carbons (Fsp3) is 0.435. The van der Waals surface area contributed by atoms with Crippen molar-refractivity contribution in [3.63, 3.8) is 0 Å². The summed E-state index contributed by atoms with van der Waals surface area (Å²) < 4.78 is 22.2. The second-order valence-corrected chi connectivity index (χ2v) is 7.67. The van der Waals surface area contributed by atoms with Gasteiger partial charge in [0.15, 0.2) is 6.29 Å². The molecular formula is C23H28O6. The Kier molecular flexibility index (Phi) is 6.45. The van der Waals surface area contributed by atoms with Crippen LogP contribution in [0.2, 0.25) is 0 Å². The van der Waals surface area contributed by atoms with Crippen LogP contribution >= 0.6 is 0 Å². The number of esters is 1. The van der Waals surface area contributed by atoms with Crippen LogP contribution in [0.25, 0.3) is 0 Å². The van der Waals surface area contributed by atoms with E-state index >= 15 is 0 Å². The van der Waals surface area contributed by atoms with Gasteiger partial charge in [-0.2, -0.15) is 0 Å². The molecule has 6 heteroatoms. The van der Waals surface area contributed by atoms with Crippen molar-refractivity contribution in [1.82, 2.24) is 0 Å². The molecule has 0 radical (unpaired) electrons. The zero-order valence-corrected chi connectivity index (χ0v) is 17.3. The molecule has 29 heavy (non-hydrogen) atoms. The summed E-state index contributed by atoms with van der Waals surface area (Å²) in [6.45, 7) is 4.85. The fourth-order valence-electron chi connectivity index (χ4n) is 3.72. The second-order valence-electron chi connectivity index (χ2n) is 7.67. The summed E-state index contributed by atoms with van der Waals surface area (Å²) in [5.41, 5.74) is 1.69. The predicted octanol–water partition coefficient (Wildman–Crippen LogP) is 3.84. The normalized spacial score (nSPS) is 19.6. The van der Waals surface area contributed by atoms with E-state index in [0.29, 0.717) is 18.6 Å². The van der Waals surface area contributed by atoms with E-state index in [1.807, 2.05) is 12.1 Å². The number of carbonyl (C=O) groups is 1. The Balaban J connectivity index is 1.77. The number of phenols is 1. The van der Waals surface area contributed by atoms with Crippen LogP contribution in [0, 0.1) is 0 Å². The van der Waals surface area contributed by atoms with E-state index in [1.54, 1.807) is 19.2 Å². The van der Waals surface area contributed by atoms with Gasteiger partial charge in [-0.3, -0.25) is 0 Å². The molecule has 2 atom stereocenters. The molecule has 1 aliphatic heterocycles. The topological polar surface area (TPSA) is 74.2 Å². The molecule has 0 unspecified atom stereocenters. The number of hydrogen-bond donors (Lipinski definition) is 1. The van der Waals surface area contributed by atoms with Gasteiger partial charge in [0.2, 0.25) is 0 Å². The zero-order valence-electron chi connectivity index (χ0n) is 17.3. The van der Waals surface area contributed by atoms with Gasteiger partial charge in [0, 0.05) is 11.8 Å². The summed E-state index contributed by atoms with van der Waals surface area (Å²) >= 11 is 0. The number of methoxy groups -OCH3 is 2. The summed E-state index contributed by atoms with van der Waals surface area (Å²) in [5.74, 6) is 0.124. The Morgan fingerprint density at radius 3 is 2.55 bits per heavy atom. The Morgan fingerprint density at radius 2 is 1.90 bits per heavy atom. The smallest absolute Gasteiger partial charge is 0.341 e. The van der Waals surface area contributed by atoms with E-state index in [-0.39, 0.29) is 22.8 Å². The number of phenolic OH excluding ortho intramolecular Hbond substituents is 1. The molecule has 2 aromatic rings. The summed E-state index contributed by atoms with van der Waals surface area (Å²) in [5, 5.41) is 10.1.